The van der Waals surface area contributed by atoms with E-state index in [1.807, 2.05) is 11.9 Å². The molecule has 0 atom stereocenters. The number of nitro groups is 1. The molecular weight excluding hydrogens is 222 g/mol. The number of nitrogens with zero attached hydrogens (tertiary/aromatic N) is 2. The molecule has 0 aromatic heterocycles. The highest BCUT2D eigenvalue weighted by molar-refractivity contribution is 5.77. The molecule has 0 fully saturated rings. The fourth-order valence-electron chi connectivity index (χ4n) is 1.41. The third-order valence-corrected chi connectivity index (χ3v) is 2.29. The number of nitro benzene ring substituents is 1. The first-order valence-electron chi connectivity index (χ1n) is 5.15. The molecule has 0 aliphatic rings. The fourth-order valence-corrected chi connectivity index (χ4v) is 1.41. The molecule has 6 nitrogen and oxygen atoms in total. The zero-order valence-corrected chi connectivity index (χ0v) is 9.84. The molecule has 1 aromatic carbocycles. The summed E-state index contributed by atoms with van der Waals surface area (Å²) in [7, 11) is 3.40. The lowest BCUT2D eigenvalue weighted by atomic mass is 10.2. The number of hydrogen-bond acceptors (Lipinski definition) is 4. The molecule has 0 radical (unpaired) electrons. The molecule has 0 unspecified atom stereocenters. The van der Waals surface area contributed by atoms with E-state index in [0.29, 0.717) is 13.1 Å². The summed E-state index contributed by atoms with van der Waals surface area (Å²) in [5, 5.41) is 13.0. The lowest BCUT2D eigenvalue weighted by Crippen LogP contribution is -2.32. The monoisotopic (exact) mass is 237 g/mol. The Morgan fingerprint density at radius 2 is 2.00 bits per heavy atom. The molecule has 1 rings (SSSR count). The lowest BCUT2D eigenvalue weighted by molar-refractivity contribution is -0.384. The summed E-state index contributed by atoms with van der Waals surface area (Å²) in [6.45, 7) is 0.874. The minimum absolute atomic E-state index is 0.0607. The van der Waals surface area contributed by atoms with Gasteiger partial charge in [-0.3, -0.25) is 19.8 Å². The predicted molar refractivity (Wildman–Crippen MR) is 63.5 cm³/mol. The predicted octanol–water partition coefficient (Wildman–Crippen LogP) is 0.773. The average Bonchev–Trinajstić information content (AvgIpc) is 2.29. The highest BCUT2D eigenvalue weighted by Crippen LogP contribution is 2.12. The van der Waals surface area contributed by atoms with Crippen LogP contribution in [0, 0.1) is 10.1 Å². The summed E-state index contributed by atoms with van der Waals surface area (Å²) in [6, 6.07) is 6.31. The molecule has 1 amide bonds. The largest absolute Gasteiger partial charge is 0.358 e. The number of rotatable bonds is 5. The van der Waals surface area contributed by atoms with Crippen molar-refractivity contribution in [3.63, 3.8) is 0 Å². The third-order valence-electron chi connectivity index (χ3n) is 2.29. The van der Waals surface area contributed by atoms with Crippen LogP contribution in [0.15, 0.2) is 24.3 Å². The average molecular weight is 237 g/mol. The number of nitrogens with one attached hydrogen (secondary N) is 1. The molecule has 0 spiro atoms. The van der Waals surface area contributed by atoms with Crippen molar-refractivity contribution < 1.29 is 9.72 Å². The second-order valence-electron chi connectivity index (χ2n) is 3.77. The zero-order chi connectivity index (χ0) is 12.8. The zero-order valence-electron chi connectivity index (χ0n) is 9.84. The van der Waals surface area contributed by atoms with Crippen molar-refractivity contribution in [2.75, 3.05) is 20.6 Å². The van der Waals surface area contributed by atoms with Gasteiger partial charge in [0.05, 0.1) is 11.5 Å². The van der Waals surface area contributed by atoms with Gasteiger partial charge in [-0.15, -0.1) is 0 Å². The second-order valence-corrected chi connectivity index (χ2v) is 3.77. The Morgan fingerprint density at radius 1 is 1.41 bits per heavy atom. The molecular formula is C11H15N3O3. The van der Waals surface area contributed by atoms with Crippen molar-refractivity contribution in [3.05, 3.63) is 39.9 Å². The van der Waals surface area contributed by atoms with Crippen LogP contribution in [-0.4, -0.2) is 36.4 Å². The first-order chi connectivity index (χ1) is 8.02. The van der Waals surface area contributed by atoms with Gasteiger partial charge >= 0.3 is 0 Å². The minimum Gasteiger partial charge on any atom is -0.358 e. The molecule has 6 heteroatoms. The standard InChI is InChI=1S/C11H15N3O3/c1-12-11(15)8-13(2)7-9-3-5-10(6-4-9)14(16)17/h3-6H,7-8H2,1-2H3,(H,12,15). The molecule has 0 aliphatic heterocycles. The van der Waals surface area contributed by atoms with Crippen LogP contribution < -0.4 is 5.32 Å². The van der Waals surface area contributed by atoms with Crippen LogP contribution in [0.5, 0.6) is 0 Å². The van der Waals surface area contributed by atoms with Crippen LogP contribution in [0.25, 0.3) is 0 Å². The SMILES string of the molecule is CNC(=O)CN(C)Cc1ccc([N+](=O)[O-])cc1. The van der Waals surface area contributed by atoms with Gasteiger partial charge in [-0.25, -0.2) is 0 Å². The number of amides is 1. The van der Waals surface area contributed by atoms with E-state index in [4.69, 9.17) is 0 Å². The Hall–Kier alpha value is -1.95. The smallest absolute Gasteiger partial charge is 0.269 e. The maximum Gasteiger partial charge on any atom is 0.269 e. The van der Waals surface area contributed by atoms with Gasteiger partial charge in [-0.2, -0.15) is 0 Å². The summed E-state index contributed by atoms with van der Waals surface area (Å²) in [4.78, 5) is 23.0. The molecule has 92 valence electrons. The lowest BCUT2D eigenvalue weighted by Gasteiger charge is -2.15. The number of benzene rings is 1. The van der Waals surface area contributed by atoms with Crippen molar-refractivity contribution in [2.45, 2.75) is 6.54 Å². The van der Waals surface area contributed by atoms with Gasteiger partial charge in [0, 0.05) is 25.7 Å². The Morgan fingerprint density at radius 3 is 2.47 bits per heavy atom. The van der Waals surface area contributed by atoms with Crippen LogP contribution in [0.1, 0.15) is 5.56 Å². The normalized spacial score (nSPS) is 10.3. The fraction of sp³-hybridized carbons (Fsp3) is 0.364. The summed E-state index contributed by atoms with van der Waals surface area (Å²) in [5.41, 5.74) is 1.00. The van der Waals surface area contributed by atoms with E-state index < -0.39 is 4.92 Å². The van der Waals surface area contributed by atoms with Gasteiger partial charge in [0.2, 0.25) is 5.91 Å². The topological polar surface area (TPSA) is 75.5 Å². The first kappa shape index (κ1) is 13.1. The summed E-state index contributed by atoms with van der Waals surface area (Å²) in [6.07, 6.45) is 0. The number of non-ortho nitro benzene ring substituents is 1. The van der Waals surface area contributed by atoms with E-state index in [0.717, 1.165) is 5.56 Å². The van der Waals surface area contributed by atoms with Gasteiger partial charge in [0.1, 0.15) is 0 Å². The molecule has 1 N–H and O–H groups in total. The molecule has 0 heterocycles. The van der Waals surface area contributed by atoms with Gasteiger partial charge < -0.3 is 5.32 Å². The quantitative estimate of drug-likeness (QED) is 0.606. The van der Waals surface area contributed by atoms with Gasteiger partial charge in [0.25, 0.3) is 5.69 Å². The number of carbonyl (C=O) groups is 1. The second kappa shape index (κ2) is 5.95. The highest BCUT2D eigenvalue weighted by atomic mass is 16.6. The van der Waals surface area contributed by atoms with Crippen LogP contribution in [0.4, 0.5) is 5.69 Å². The van der Waals surface area contributed by atoms with E-state index in [9.17, 15) is 14.9 Å². The molecule has 0 saturated heterocycles. The van der Waals surface area contributed by atoms with E-state index in [2.05, 4.69) is 5.32 Å². The van der Waals surface area contributed by atoms with E-state index in [1.165, 1.54) is 12.1 Å². The van der Waals surface area contributed by atoms with E-state index in [-0.39, 0.29) is 11.6 Å². The van der Waals surface area contributed by atoms with Gasteiger partial charge in [-0.1, -0.05) is 12.1 Å². The first-order valence-corrected chi connectivity index (χ1v) is 5.15. The molecule has 0 bridgehead atoms. The Balaban J connectivity index is 2.57. The molecule has 0 aliphatic carbocycles. The number of carbonyl (C=O) groups excluding carboxylic acids is 1. The number of hydrogen-bond donors (Lipinski definition) is 1. The maximum absolute atomic E-state index is 11.1. The van der Waals surface area contributed by atoms with E-state index >= 15 is 0 Å². The maximum atomic E-state index is 11.1. The summed E-state index contributed by atoms with van der Waals surface area (Å²) in [5.74, 6) is -0.0607. The third kappa shape index (κ3) is 4.20. The van der Waals surface area contributed by atoms with Crippen molar-refractivity contribution >= 4 is 11.6 Å². The van der Waals surface area contributed by atoms with Gasteiger partial charge in [-0.05, 0) is 12.6 Å². The Bertz CT molecular complexity index is 403. The van der Waals surface area contributed by atoms with Crippen molar-refractivity contribution in [1.29, 1.82) is 0 Å². The van der Waals surface area contributed by atoms with Crippen molar-refractivity contribution in [3.8, 4) is 0 Å². The molecule has 17 heavy (non-hydrogen) atoms. The van der Waals surface area contributed by atoms with Crippen LogP contribution in [0.3, 0.4) is 0 Å². The molecule has 0 saturated carbocycles. The van der Waals surface area contributed by atoms with Crippen LogP contribution in [0.2, 0.25) is 0 Å². The summed E-state index contributed by atoms with van der Waals surface area (Å²) < 4.78 is 0. The highest BCUT2D eigenvalue weighted by Gasteiger charge is 2.07. The van der Waals surface area contributed by atoms with E-state index in [1.54, 1.807) is 19.2 Å². The van der Waals surface area contributed by atoms with Crippen LogP contribution >= 0.6 is 0 Å². The van der Waals surface area contributed by atoms with Crippen LogP contribution in [-0.2, 0) is 11.3 Å². The minimum atomic E-state index is -0.433. The van der Waals surface area contributed by atoms with Gasteiger partial charge in [0.15, 0.2) is 0 Å². The number of likely N-dealkylation sites (N-methyl/N-ethyl adjacent to an activating group) is 2. The molecule has 1 aromatic rings. The Kier molecular flexibility index (Phi) is 4.59. The van der Waals surface area contributed by atoms with Crippen molar-refractivity contribution in [2.24, 2.45) is 0 Å². The summed E-state index contributed by atoms with van der Waals surface area (Å²) >= 11 is 0. The Labute approximate surface area is 99.4 Å². The van der Waals surface area contributed by atoms with Crippen molar-refractivity contribution in [1.82, 2.24) is 10.2 Å².